The molecule has 2 atom stereocenters. The second-order valence-corrected chi connectivity index (χ2v) is 8.56. The molecule has 8 heteroatoms. The second-order valence-electron chi connectivity index (χ2n) is 6.70. The predicted molar refractivity (Wildman–Crippen MR) is 107 cm³/mol. The quantitative estimate of drug-likeness (QED) is 0.729. The van der Waals surface area contributed by atoms with Crippen molar-refractivity contribution in [1.29, 1.82) is 0 Å². The first-order chi connectivity index (χ1) is 13.1. The van der Waals surface area contributed by atoms with E-state index in [0.717, 1.165) is 34.0 Å². The summed E-state index contributed by atoms with van der Waals surface area (Å²) in [6, 6.07) is 11.1. The van der Waals surface area contributed by atoms with Gasteiger partial charge in [-0.3, -0.25) is 9.10 Å². The lowest BCUT2D eigenvalue weighted by molar-refractivity contribution is -0.122. The Morgan fingerprint density at radius 3 is 2.32 bits per heavy atom. The molecule has 0 aliphatic carbocycles. The summed E-state index contributed by atoms with van der Waals surface area (Å²) in [5.41, 5.74) is 1.20. The first kappa shape index (κ1) is 21.7. The van der Waals surface area contributed by atoms with Gasteiger partial charge in [0.15, 0.2) is 0 Å². The lowest BCUT2D eigenvalue weighted by Crippen LogP contribution is -2.50. The van der Waals surface area contributed by atoms with Crippen molar-refractivity contribution in [3.05, 3.63) is 59.9 Å². The Hall–Kier alpha value is -2.61. The van der Waals surface area contributed by atoms with Gasteiger partial charge in [-0.1, -0.05) is 18.2 Å². The molecule has 6 nitrogen and oxygen atoms in total. The van der Waals surface area contributed by atoms with E-state index < -0.39 is 27.8 Å². The highest BCUT2D eigenvalue weighted by Crippen LogP contribution is 2.21. The fraction of sp³-hybridized carbons (Fsp3) is 0.350. The number of hydrogen-bond donors (Lipinski definition) is 1. The van der Waals surface area contributed by atoms with Crippen LogP contribution in [0.2, 0.25) is 0 Å². The predicted octanol–water partition coefficient (Wildman–Crippen LogP) is 2.87. The van der Waals surface area contributed by atoms with Crippen molar-refractivity contribution in [2.45, 2.75) is 32.9 Å². The van der Waals surface area contributed by atoms with Gasteiger partial charge in [0.2, 0.25) is 15.9 Å². The summed E-state index contributed by atoms with van der Waals surface area (Å²) in [5, 5.41) is 2.76. The van der Waals surface area contributed by atoms with E-state index in [0.29, 0.717) is 0 Å². The van der Waals surface area contributed by atoms with Crippen LogP contribution in [-0.2, 0) is 14.8 Å². The molecule has 0 spiro atoms. The number of rotatable bonds is 8. The standard InChI is InChI=1S/C20H25FN2O4S/c1-14-7-5-6-8-19(14)27-13-15(2)22-20(24)16(3)23(28(4,25)26)18-11-9-17(21)10-12-18/h5-12,15-16H,13H2,1-4H3,(H,22,24)/t15-,16-/m0/s1. The number of halogens is 1. The Balaban J connectivity index is 2.06. The van der Waals surface area contributed by atoms with E-state index in [1.807, 2.05) is 31.2 Å². The zero-order valence-corrected chi connectivity index (χ0v) is 17.2. The third-order valence-corrected chi connectivity index (χ3v) is 5.38. The number of nitrogens with zero attached hydrogens (tertiary/aromatic N) is 1. The number of ether oxygens (including phenoxy) is 1. The molecule has 0 aliphatic rings. The maximum atomic E-state index is 13.2. The number of aryl methyl sites for hydroxylation is 1. The van der Waals surface area contributed by atoms with Gasteiger partial charge >= 0.3 is 0 Å². The molecule has 0 aromatic heterocycles. The minimum atomic E-state index is -3.75. The maximum Gasteiger partial charge on any atom is 0.243 e. The molecule has 0 unspecified atom stereocenters. The van der Waals surface area contributed by atoms with Crippen LogP contribution in [-0.4, -0.2) is 39.3 Å². The van der Waals surface area contributed by atoms with Crippen molar-refractivity contribution in [2.75, 3.05) is 17.2 Å². The van der Waals surface area contributed by atoms with Crippen molar-refractivity contribution < 1.29 is 22.3 Å². The van der Waals surface area contributed by atoms with Gasteiger partial charge in [0.25, 0.3) is 0 Å². The van der Waals surface area contributed by atoms with Crippen LogP contribution < -0.4 is 14.4 Å². The molecular weight excluding hydrogens is 383 g/mol. The SMILES string of the molecule is Cc1ccccc1OC[C@H](C)NC(=O)[C@H](C)N(c1ccc(F)cc1)S(C)(=O)=O. The summed E-state index contributed by atoms with van der Waals surface area (Å²) >= 11 is 0. The summed E-state index contributed by atoms with van der Waals surface area (Å²) in [4.78, 5) is 12.6. The molecule has 0 aliphatic heterocycles. The zero-order chi connectivity index (χ0) is 20.9. The van der Waals surface area contributed by atoms with Gasteiger partial charge in [0.1, 0.15) is 24.2 Å². The minimum Gasteiger partial charge on any atom is -0.491 e. The Bertz CT molecular complexity index is 916. The van der Waals surface area contributed by atoms with Crippen molar-refractivity contribution in [3.63, 3.8) is 0 Å². The Morgan fingerprint density at radius 1 is 1.14 bits per heavy atom. The maximum absolute atomic E-state index is 13.2. The molecule has 1 N–H and O–H groups in total. The van der Waals surface area contributed by atoms with Gasteiger partial charge < -0.3 is 10.1 Å². The molecular formula is C20H25FN2O4S. The van der Waals surface area contributed by atoms with E-state index in [-0.39, 0.29) is 18.3 Å². The van der Waals surface area contributed by atoms with Crippen LogP contribution in [0.15, 0.2) is 48.5 Å². The molecule has 2 aromatic carbocycles. The number of nitrogens with one attached hydrogen (secondary N) is 1. The third-order valence-electron chi connectivity index (χ3n) is 4.14. The van der Waals surface area contributed by atoms with Crippen LogP contribution in [0.4, 0.5) is 10.1 Å². The number of para-hydroxylation sites is 1. The highest BCUT2D eigenvalue weighted by atomic mass is 32.2. The Kier molecular flexibility index (Phi) is 7.01. The van der Waals surface area contributed by atoms with E-state index in [4.69, 9.17) is 4.74 Å². The van der Waals surface area contributed by atoms with Gasteiger partial charge in [-0.2, -0.15) is 0 Å². The van der Waals surface area contributed by atoms with Gasteiger partial charge in [-0.15, -0.1) is 0 Å². The number of amides is 1. The molecule has 152 valence electrons. The zero-order valence-electron chi connectivity index (χ0n) is 16.3. The third kappa shape index (κ3) is 5.69. The van der Waals surface area contributed by atoms with Crippen LogP contribution in [0.25, 0.3) is 0 Å². The molecule has 28 heavy (non-hydrogen) atoms. The van der Waals surface area contributed by atoms with E-state index in [2.05, 4.69) is 5.32 Å². The monoisotopic (exact) mass is 408 g/mol. The van der Waals surface area contributed by atoms with Crippen LogP contribution in [0.3, 0.4) is 0 Å². The van der Waals surface area contributed by atoms with E-state index in [1.165, 1.54) is 19.1 Å². The molecule has 1 amide bonds. The number of carbonyl (C=O) groups excluding carboxylic acids is 1. The number of carbonyl (C=O) groups is 1. The normalized spacial score (nSPS) is 13.5. The Morgan fingerprint density at radius 2 is 1.75 bits per heavy atom. The fourth-order valence-corrected chi connectivity index (χ4v) is 3.91. The van der Waals surface area contributed by atoms with Crippen LogP contribution in [0.1, 0.15) is 19.4 Å². The molecule has 2 rings (SSSR count). The van der Waals surface area contributed by atoms with Gasteiger partial charge in [-0.05, 0) is 56.7 Å². The van der Waals surface area contributed by atoms with Crippen LogP contribution in [0.5, 0.6) is 5.75 Å². The largest absolute Gasteiger partial charge is 0.491 e. The highest BCUT2D eigenvalue weighted by molar-refractivity contribution is 7.92. The summed E-state index contributed by atoms with van der Waals surface area (Å²) in [6.07, 6.45) is 1.00. The molecule has 0 fully saturated rings. The summed E-state index contributed by atoms with van der Waals surface area (Å²) in [5.74, 6) is -0.243. The van der Waals surface area contributed by atoms with Gasteiger partial charge in [0, 0.05) is 0 Å². The average Bonchev–Trinajstić information content (AvgIpc) is 2.61. The van der Waals surface area contributed by atoms with E-state index in [1.54, 1.807) is 6.92 Å². The fourth-order valence-electron chi connectivity index (χ4n) is 2.74. The van der Waals surface area contributed by atoms with Crippen molar-refractivity contribution >= 4 is 21.6 Å². The van der Waals surface area contributed by atoms with E-state index in [9.17, 15) is 17.6 Å². The lowest BCUT2D eigenvalue weighted by atomic mass is 10.2. The first-order valence-electron chi connectivity index (χ1n) is 8.83. The number of anilines is 1. The van der Waals surface area contributed by atoms with Crippen LogP contribution in [0, 0.1) is 12.7 Å². The van der Waals surface area contributed by atoms with Crippen molar-refractivity contribution in [1.82, 2.24) is 5.32 Å². The molecule has 2 aromatic rings. The second kappa shape index (κ2) is 9.05. The van der Waals surface area contributed by atoms with Crippen molar-refractivity contribution in [3.8, 4) is 5.75 Å². The molecule has 0 saturated heterocycles. The molecule has 0 heterocycles. The van der Waals surface area contributed by atoms with E-state index >= 15 is 0 Å². The summed E-state index contributed by atoms with van der Waals surface area (Å²) < 4.78 is 44.3. The Labute approximate surface area is 165 Å². The van der Waals surface area contributed by atoms with Crippen LogP contribution >= 0.6 is 0 Å². The topological polar surface area (TPSA) is 75.7 Å². The highest BCUT2D eigenvalue weighted by Gasteiger charge is 2.29. The number of hydrogen-bond acceptors (Lipinski definition) is 4. The summed E-state index contributed by atoms with van der Waals surface area (Å²) in [6.45, 7) is 5.41. The average molecular weight is 408 g/mol. The smallest absolute Gasteiger partial charge is 0.243 e. The molecule has 0 saturated carbocycles. The van der Waals surface area contributed by atoms with Gasteiger partial charge in [-0.25, -0.2) is 12.8 Å². The minimum absolute atomic E-state index is 0.218. The number of benzene rings is 2. The molecule has 0 radical (unpaired) electrons. The van der Waals surface area contributed by atoms with Gasteiger partial charge in [0.05, 0.1) is 18.0 Å². The summed E-state index contributed by atoms with van der Waals surface area (Å²) in [7, 11) is -3.75. The molecule has 0 bridgehead atoms. The van der Waals surface area contributed by atoms with Crippen molar-refractivity contribution in [2.24, 2.45) is 0 Å². The first-order valence-corrected chi connectivity index (χ1v) is 10.7. The lowest BCUT2D eigenvalue weighted by Gasteiger charge is -2.29. The number of sulfonamides is 1.